The number of hydrogen-bond donors (Lipinski definition) is 0. The van der Waals surface area contributed by atoms with E-state index < -0.39 is 0 Å². The van der Waals surface area contributed by atoms with Gasteiger partial charge in [-0.3, -0.25) is 0 Å². The molecule has 0 rings (SSSR count). The molecule has 0 saturated carbocycles. The predicted octanol–water partition coefficient (Wildman–Crippen LogP) is 4.02. The van der Waals surface area contributed by atoms with Crippen LogP contribution >= 0.6 is 0 Å². The highest BCUT2D eigenvalue weighted by atomic mass is 15.1. The first kappa shape index (κ1) is 14.4. The van der Waals surface area contributed by atoms with E-state index in [0.717, 1.165) is 26.1 Å². The van der Waals surface area contributed by atoms with Gasteiger partial charge in [0.1, 0.15) is 0 Å². The molecule has 0 aliphatic rings. The summed E-state index contributed by atoms with van der Waals surface area (Å²) >= 11 is 0. The van der Waals surface area contributed by atoms with E-state index in [9.17, 15) is 0 Å². The van der Waals surface area contributed by atoms with Crippen molar-refractivity contribution in [3.8, 4) is 0 Å². The lowest BCUT2D eigenvalue weighted by atomic mass is 10.1. The molecule has 0 fully saturated rings. The third-order valence-electron chi connectivity index (χ3n) is 2.77. The Hall–Kier alpha value is -0.560. The molecule has 15 heavy (non-hydrogen) atoms. The second-order valence-corrected chi connectivity index (χ2v) is 4.35. The summed E-state index contributed by atoms with van der Waals surface area (Å²) in [7, 11) is 0. The highest BCUT2D eigenvalue weighted by Crippen LogP contribution is 2.10. The van der Waals surface area contributed by atoms with Crippen molar-refractivity contribution in [3.05, 3.63) is 23.8 Å². The average Bonchev–Trinajstić information content (AvgIpc) is 2.18. The van der Waals surface area contributed by atoms with E-state index in [-0.39, 0.29) is 0 Å². The highest BCUT2D eigenvalue weighted by molar-refractivity contribution is 5.00. The normalized spacial score (nSPS) is 12.2. The number of nitrogens with zero attached hydrogens (tertiary/aromatic N) is 1. The largest absolute Gasteiger partial charge is 0.300 e. The van der Waals surface area contributed by atoms with Crippen molar-refractivity contribution in [1.29, 1.82) is 0 Å². The van der Waals surface area contributed by atoms with Crippen LogP contribution in [0.25, 0.3) is 0 Å². The zero-order valence-electron chi connectivity index (χ0n) is 11.0. The first-order valence-electron chi connectivity index (χ1n) is 6.12. The van der Waals surface area contributed by atoms with Crippen molar-refractivity contribution in [2.75, 3.05) is 19.6 Å². The van der Waals surface area contributed by atoms with E-state index in [1.165, 1.54) is 24.0 Å². The zero-order valence-corrected chi connectivity index (χ0v) is 11.0. The van der Waals surface area contributed by atoms with Gasteiger partial charge in [-0.15, -0.1) is 6.58 Å². The lowest BCUT2D eigenvalue weighted by molar-refractivity contribution is 0.336. The molecule has 0 N–H and O–H groups in total. The quantitative estimate of drug-likeness (QED) is 0.546. The zero-order chi connectivity index (χ0) is 11.7. The fourth-order valence-corrected chi connectivity index (χ4v) is 1.54. The molecule has 0 aromatic heterocycles. The van der Waals surface area contributed by atoms with Crippen LogP contribution in [0.1, 0.15) is 47.0 Å². The van der Waals surface area contributed by atoms with E-state index in [0.29, 0.717) is 0 Å². The van der Waals surface area contributed by atoms with Crippen molar-refractivity contribution in [3.63, 3.8) is 0 Å². The molecule has 0 aromatic carbocycles. The molecule has 0 unspecified atom stereocenters. The van der Waals surface area contributed by atoms with Crippen LogP contribution in [0.2, 0.25) is 0 Å². The summed E-state index contributed by atoms with van der Waals surface area (Å²) in [5.41, 5.74) is 2.81. The molecule has 0 spiro atoms. The van der Waals surface area contributed by atoms with Gasteiger partial charge >= 0.3 is 0 Å². The predicted molar refractivity (Wildman–Crippen MR) is 70.2 cm³/mol. The van der Waals surface area contributed by atoms with Gasteiger partial charge in [-0.25, -0.2) is 0 Å². The van der Waals surface area contributed by atoms with Crippen molar-refractivity contribution in [1.82, 2.24) is 4.90 Å². The molecule has 0 heterocycles. The number of allylic oxidation sites excluding steroid dienone is 2. The van der Waals surface area contributed by atoms with Crippen molar-refractivity contribution in [2.45, 2.75) is 47.0 Å². The maximum Gasteiger partial charge on any atom is 0.0165 e. The van der Waals surface area contributed by atoms with Gasteiger partial charge < -0.3 is 4.90 Å². The van der Waals surface area contributed by atoms with Gasteiger partial charge in [-0.2, -0.15) is 0 Å². The number of likely N-dealkylation sites (N-methyl/N-ethyl adjacent to an activating group) is 1. The lowest BCUT2D eigenvalue weighted by Crippen LogP contribution is -2.22. The fraction of sp³-hybridized carbons (Fsp3) is 0.714. The first-order chi connectivity index (χ1) is 7.10. The monoisotopic (exact) mass is 209 g/mol. The van der Waals surface area contributed by atoms with E-state index in [1.54, 1.807) is 0 Å². The van der Waals surface area contributed by atoms with Crippen LogP contribution in [0.3, 0.4) is 0 Å². The summed E-state index contributed by atoms with van der Waals surface area (Å²) in [6.45, 7) is 16.1. The summed E-state index contributed by atoms with van der Waals surface area (Å²) in [5.74, 6) is 0. The smallest absolute Gasteiger partial charge is 0.0165 e. The number of rotatable bonds is 8. The molecule has 0 radical (unpaired) electrons. The molecule has 88 valence electrons. The first-order valence-corrected chi connectivity index (χ1v) is 6.12. The van der Waals surface area contributed by atoms with Crippen molar-refractivity contribution in [2.24, 2.45) is 0 Å². The van der Waals surface area contributed by atoms with E-state index in [4.69, 9.17) is 0 Å². The maximum atomic E-state index is 3.93. The third-order valence-corrected chi connectivity index (χ3v) is 2.77. The molecular formula is C14H27N. The highest BCUT2D eigenvalue weighted by Gasteiger charge is 1.96. The minimum absolute atomic E-state index is 1.10. The van der Waals surface area contributed by atoms with E-state index in [2.05, 4.69) is 45.2 Å². The van der Waals surface area contributed by atoms with Crippen LogP contribution in [-0.2, 0) is 0 Å². The van der Waals surface area contributed by atoms with Crippen LogP contribution in [0.5, 0.6) is 0 Å². The Labute approximate surface area is 95.9 Å². The van der Waals surface area contributed by atoms with Gasteiger partial charge in [-0.1, -0.05) is 31.1 Å². The Morgan fingerprint density at radius 3 is 2.20 bits per heavy atom. The van der Waals surface area contributed by atoms with Gasteiger partial charge in [0.05, 0.1) is 0 Å². The molecule has 1 heteroatoms. The van der Waals surface area contributed by atoms with Gasteiger partial charge in [0, 0.05) is 6.54 Å². The molecule has 0 aromatic rings. The van der Waals surface area contributed by atoms with Gasteiger partial charge in [0.25, 0.3) is 0 Å². The van der Waals surface area contributed by atoms with Gasteiger partial charge in [0.15, 0.2) is 0 Å². The molecule has 0 aliphatic carbocycles. The third kappa shape index (κ3) is 8.44. The Kier molecular flexibility index (Phi) is 8.40. The molecule has 0 saturated heterocycles. The number of hydrogen-bond acceptors (Lipinski definition) is 1. The summed E-state index contributed by atoms with van der Waals surface area (Å²) in [4.78, 5) is 2.43. The van der Waals surface area contributed by atoms with Crippen molar-refractivity contribution >= 4 is 0 Å². The van der Waals surface area contributed by atoms with E-state index in [1.807, 2.05) is 0 Å². The Morgan fingerprint density at radius 2 is 1.73 bits per heavy atom. The molecule has 1 nitrogen and oxygen atoms in total. The summed E-state index contributed by atoms with van der Waals surface area (Å²) in [6.07, 6.45) is 5.99. The summed E-state index contributed by atoms with van der Waals surface area (Å²) in [5, 5.41) is 0. The summed E-state index contributed by atoms with van der Waals surface area (Å²) in [6, 6.07) is 0. The standard InChI is InChI=1S/C14H27N/c1-6-15(7-2)12-11-14(5)10-8-9-13(3)4/h11H,3,6-10,12H2,1-2,4-5H3/b14-11+. The Morgan fingerprint density at radius 1 is 1.13 bits per heavy atom. The Bertz CT molecular complexity index is 199. The second-order valence-electron chi connectivity index (χ2n) is 4.35. The molecule has 0 bridgehead atoms. The van der Waals surface area contributed by atoms with Crippen LogP contribution < -0.4 is 0 Å². The van der Waals surface area contributed by atoms with Crippen molar-refractivity contribution < 1.29 is 0 Å². The fourth-order valence-electron chi connectivity index (χ4n) is 1.54. The summed E-state index contributed by atoms with van der Waals surface area (Å²) < 4.78 is 0. The minimum atomic E-state index is 1.10. The molecule has 0 amide bonds. The topological polar surface area (TPSA) is 3.24 Å². The van der Waals surface area contributed by atoms with Gasteiger partial charge in [-0.05, 0) is 46.2 Å². The molecule has 0 aliphatic heterocycles. The van der Waals surface area contributed by atoms with Crippen LogP contribution in [0, 0.1) is 0 Å². The Balaban J connectivity index is 3.72. The lowest BCUT2D eigenvalue weighted by Gasteiger charge is -2.15. The molecule has 0 atom stereocenters. The SMILES string of the molecule is C=C(C)CCC/C(C)=C/CN(CC)CC. The minimum Gasteiger partial charge on any atom is -0.300 e. The average molecular weight is 209 g/mol. The van der Waals surface area contributed by atoms with Gasteiger partial charge in [0.2, 0.25) is 0 Å². The second kappa shape index (κ2) is 8.72. The van der Waals surface area contributed by atoms with Crippen LogP contribution in [0.4, 0.5) is 0 Å². The molecular weight excluding hydrogens is 182 g/mol. The maximum absolute atomic E-state index is 3.93. The van der Waals surface area contributed by atoms with E-state index >= 15 is 0 Å². The van der Waals surface area contributed by atoms with Crippen LogP contribution in [0.15, 0.2) is 23.8 Å². The van der Waals surface area contributed by atoms with Crippen LogP contribution in [-0.4, -0.2) is 24.5 Å².